The van der Waals surface area contributed by atoms with Crippen molar-refractivity contribution in [2.75, 3.05) is 23.0 Å². The highest BCUT2D eigenvalue weighted by atomic mass is 32.2. The molecule has 1 N–H and O–H groups in total. The third-order valence-electron chi connectivity index (χ3n) is 5.09. The summed E-state index contributed by atoms with van der Waals surface area (Å²) in [4.78, 5) is 22.9. The number of carbonyl (C=O) groups is 1. The van der Waals surface area contributed by atoms with Gasteiger partial charge in [0.25, 0.3) is 5.91 Å². The Morgan fingerprint density at radius 1 is 1.20 bits per heavy atom. The van der Waals surface area contributed by atoms with E-state index in [4.69, 9.17) is 0 Å². The largest absolute Gasteiger partial charge is 0.349 e. The van der Waals surface area contributed by atoms with Gasteiger partial charge in [-0.15, -0.1) is 0 Å². The number of rotatable bonds is 5. The minimum absolute atomic E-state index is 0.0862. The fourth-order valence-corrected chi connectivity index (χ4v) is 5.42. The highest BCUT2D eigenvalue weighted by Crippen LogP contribution is 2.21. The van der Waals surface area contributed by atoms with Gasteiger partial charge in [-0.3, -0.25) is 4.79 Å². The van der Waals surface area contributed by atoms with Gasteiger partial charge in [-0.1, -0.05) is 19.3 Å². The number of amides is 1. The van der Waals surface area contributed by atoms with Gasteiger partial charge in [0, 0.05) is 31.0 Å². The summed E-state index contributed by atoms with van der Waals surface area (Å²) in [5.41, 5.74) is 0.449. The van der Waals surface area contributed by atoms with Gasteiger partial charge in [-0.2, -0.15) is 0 Å². The standard InChI is InChI=1S/C17H26N4O3S/c1-2-21(15-8-9-25(23,24)12-15)17-18-10-13(11-19-17)16(22)20-14-6-4-3-5-7-14/h10-11,14-15H,2-9,12H2,1H3,(H,20,22). The van der Waals surface area contributed by atoms with Crippen LogP contribution in [0.2, 0.25) is 0 Å². The second-order valence-corrected chi connectivity index (χ2v) is 9.15. The van der Waals surface area contributed by atoms with Crippen LogP contribution in [0.4, 0.5) is 5.95 Å². The van der Waals surface area contributed by atoms with Crippen LogP contribution in [0.25, 0.3) is 0 Å². The zero-order chi connectivity index (χ0) is 17.9. The van der Waals surface area contributed by atoms with Crippen molar-refractivity contribution in [1.29, 1.82) is 0 Å². The smallest absolute Gasteiger partial charge is 0.254 e. The van der Waals surface area contributed by atoms with Crippen molar-refractivity contribution in [2.24, 2.45) is 0 Å². The molecule has 1 aromatic heterocycles. The normalized spacial score (nSPS) is 23.3. The monoisotopic (exact) mass is 366 g/mol. The molecule has 1 aliphatic carbocycles. The van der Waals surface area contributed by atoms with E-state index in [2.05, 4.69) is 15.3 Å². The first-order valence-electron chi connectivity index (χ1n) is 9.08. The number of aromatic nitrogens is 2. The fourth-order valence-electron chi connectivity index (χ4n) is 3.69. The van der Waals surface area contributed by atoms with E-state index in [1.54, 1.807) is 0 Å². The summed E-state index contributed by atoms with van der Waals surface area (Å²) in [7, 11) is -2.96. The molecule has 2 fully saturated rings. The summed E-state index contributed by atoms with van der Waals surface area (Å²) in [6.45, 7) is 2.59. The summed E-state index contributed by atoms with van der Waals surface area (Å²) >= 11 is 0. The molecule has 2 heterocycles. The predicted molar refractivity (Wildman–Crippen MR) is 96.5 cm³/mol. The lowest BCUT2D eigenvalue weighted by Gasteiger charge is -2.26. The molecule has 25 heavy (non-hydrogen) atoms. The Morgan fingerprint density at radius 3 is 2.44 bits per heavy atom. The van der Waals surface area contributed by atoms with E-state index in [9.17, 15) is 13.2 Å². The topological polar surface area (TPSA) is 92.3 Å². The van der Waals surface area contributed by atoms with Gasteiger partial charge < -0.3 is 10.2 Å². The Hall–Kier alpha value is -1.70. The van der Waals surface area contributed by atoms with Gasteiger partial charge in [0.1, 0.15) is 0 Å². The maximum Gasteiger partial charge on any atom is 0.254 e. The highest BCUT2D eigenvalue weighted by molar-refractivity contribution is 7.91. The zero-order valence-electron chi connectivity index (χ0n) is 14.6. The molecule has 2 aliphatic rings. The third kappa shape index (κ3) is 4.48. The van der Waals surface area contributed by atoms with Gasteiger partial charge in [0.05, 0.1) is 17.1 Å². The molecule has 8 heteroatoms. The molecule has 1 atom stereocenters. The van der Waals surface area contributed by atoms with E-state index in [0.717, 1.165) is 25.7 Å². The quantitative estimate of drug-likeness (QED) is 0.850. The second-order valence-electron chi connectivity index (χ2n) is 6.92. The van der Waals surface area contributed by atoms with Crippen molar-refractivity contribution >= 4 is 21.7 Å². The van der Waals surface area contributed by atoms with E-state index in [1.807, 2.05) is 11.8 Å². The van der Waals surface area contributed by atoms with Crippen molar-refractivity contribution in [2.45, 2.75) is 57.5 Å². The number of carbonyl (C=O) groups excluding carboxylic acids is 1. The molecule has 138 valence electrons. The molecule has 0 spiro atoms. The average Bonchev–Trinajstić information content (AvgIpc) is 2.97. The van der Waals surface area contributed by atoms with Gasteiger partial charge in [0.2, 0.25) is 5.95 Å². The Morgan fingerprint density at radius 2 is 1.88 bits per heavy atom. The summed E-state index contributed by atoms with van der Waals surface area (Å²) in [5, 5.41) is 3.05. The van der Waals surface area contributed by atoms with Crippen LogP contribution in [-0.2, 0) is 9.84 Å². The molecule has 1 aromatic rings. The molecule has 0 bridgehead atoms. The molecular formula is C17H26N4O3S. The molecule has 3 rings (SSSR count). The number of nitrogens with one attached hydrogen (secondary N) is 1. The Bertz CT molecular complexity index is 699. The van der Waals surface area contributed by atoms with Crippen LogP contribution >= 0.6 is 0 Å². The van der Waals surface area contributed by atoms with Crippen LogP contribution in [0.1, 0.15) is 55.8 Å². The lowest BCUT2D eigenvalue weighted by atomic mass is 9.95. The number of anilines is 1. The predicted octanol–water partition coefficient (Wildman–Crippen LogP) is 1.55. The average molecular weight is 366 g/mol. The molecule has 0 radical (unpaired) electrons. The summed E-state index contributed by atoms with van der Waals surface area (Å²) in [6, 6.07) is 0.161. The van der Waals surface area contributed by atoms with Crippen LogP contribution < -0.4 is 10.2 Å². The maximum absolute atomic E-state index is 12.3. The van der Waals surface area contributed by atoms with Crippen LogP contribution in [0.5, 0.6) is 0 Å². The van der Waals surface area contributed by atoms with Gasteiger partial charge in [-0.25, -0.2) is 18.4 Å². The van der Waals surface area contributed by atoms with Crippen molar-refractivity contribution in [1.82, 2.24) is 15.3 Å². The van der Waals surface area contributed by atoms with Crippen molar-refractivity contribution in [3.05, 3.63) is 18.0 Å². The van der Waals surface area contributed by atoms with Crippen molar-refractivity contribution in [3.63, 3.8) is 0 Å². The minimum Gasteiger partial charge on any atom is -0.349 e. The molecule has 7 nitrogen and oxygen atoms in total. The van der Waals surface area contributed by atoms with Crippen LogP contribution in [0, 0.1) is 0 Å². The minimum atomic E-state index is -2.96. The fraction of sp³-hybridized carbons (Fsp3) is 0.706. The van der Waals surface area contributed by atoms with Gasteiger partial charge in [0.15, 0.2) is 9.84 Å². The molecule has 1 saturated carbocycles. The highest BCUT2D eigenvalue weighted by Gasteiger charge is 2.32. The Kier molecular flexibility index (Phi) is 5.56. The van der Waals surface area contributed by atoms with Crippen LogP contribution in [0.3, 0.4) is 0 Å². The first-order valence-corrected chi connectivity index (χ1v) is 10.9. The molecule has 1 unspecified atom stereocenters. The van der Waals surface area contributed by atoms with Gasteiger partial charge in [-0.05, 0) is 26.2 Å². The number of hydrogen-bond acceptors (Lipinski definition) is 6. The molecule has 1 amide bonds. The second kappa shape index (κ2) is 7.68. The number of nitrogens with zero attached hydrogens (tertiary/aromatic N) is 3. The summed E-state index contributed by atoms with van der Waals surface area (Å²) < 4.78 is 23.4. The molecule has 1 aliphatic heterocycles. The van der Waals surface area contributed by atoms with E-state index < -0.39 is 9.84 Å². The van der Waals surface area contributed by atoms with E-state index >= 15 is 0 Å². The summed E-state index contributed by atoms with van der Waals surface area (Å²) in [6.07, 6.45) is 9.30. The lowest BCUT2D eigenvalue weighted by molar-refractivity contribution is 0.0927. The maximum atomic E-state index is 12.3. The third-order valence-corrected chi connectivity index (χ3v) is 6.84. The van der Waals surface area contributed by atoms with E-state index in [0.29, 0.717) is 24.5 Å². The SMILES string of the molecule is CCN(c1ncc(C(=O)NC2CCCCC2)cn1)C1CCS(=O)(=O)C1. The first-order chi connectivity index (χ1) is 12.0. The summed E-state index contributed by atoms with van der Waals surface area (Å²) in [5.74, 6) is 0.716. The molecule has 0 aromatic carbocycles. The van der Waals surface area contributed by atoms with Crippen molar-refractivity contribution in [3.8, 4) is 0 Å². The van der Waals surface area contributed by atoms with E-state index in [-0.39, 0.29) is 29.5 Å². The molecule has 1 saturated heterocycles. The number of hydrogen-bond donors (Lipinski definition) is 1. The van der Waals surface area contributed by atoms with Gasteiger partial charge >= 0.3 is 0 Å². The Balaban J connectivity index is 1.65. The zero-order valence-corrected chi connectivity index (χ0v) is 15.5. The van der Waals surface area contributed by atoms with Crippen LogP contribution in [0.15, 0.2) is 12.4 Å². The van der Waals surface area contributed by atoms with E-state index in [1.165, 1.54) is 18.8 Å². The molecular weight excluding hydrogens is 340 g/mol. The van der Waals surface area contributed by atoms with Crippen molar-refractivity contribution < 1.29 is 13.2 Å². The van der Waals surface area contributed by atoms with Crippen LogP contribution in [-0.4, -0.2) is 54.4 Å². The first kappa shape index (κ1) is 18.1. The lowest BCUT2D eigenvalue weighted by Crippen LogP contribution is -2.38. The Labute approximate surface area is 149 Å². The number of sulfone groups is 1.